The minimum Gasteiger partial charge on any atom is -0.465 e. The van der Waals surface area contributed by atoms with Crippen molar-refractivity contribution < 1.29 is 13.9 Å². The molecule has 0 spiro atoms. The average molecular weight is 353 g/mol. The van der Waals surface area contributed by atoms with Gasteiger partial charge < -0.3 is 19.8 Å². The van der Waals surface area contributed by atoms with Gasteiger partial charge in [0, 0.05) is 17.8 Å². The fourth-order valence-electron chi connectivity index (χ4n) is 2.89. The Morgan fingerprint density at radius 2 is 2.29 bits per heavy atom. The van der Waals surface area contributed by atoms with E-state index < -0.39 is 0 Å². The molecule has 2 atom stereocenters. The summed E-state index contributed by atoms with van der Waals surface area (Å²) >= 11 is 1.94. The molecule has 1 aliphatic rings. The van der Waals surface area contributed by atoms with Crippen molar-refractivity contribution in [3.05, 3.63) is 23.2 Å². The normalized spacial score (nSPS) is 20.9. The van der Waals surface area contributed by atoms with Gasteiger partial charge in [-0.3, -0.25) is 0 Å². The Morgan fingerprint density at radius 1 is 1.50 bits per heavy atom. The van der Waals surface area contributed by atoms with Gasteiger partial charge >= 0.3 is 5.97 Å². The van der Waals surface area contributed by atoms with Crippen LogP contribution in [-0.4, -0.2) is 43.1 Å². The summed E-state index contributed by atoms with van der Waals surface area (Å²) in [6.07, 6.45) is 5.75. The number of carbonyl (C=O) groups excluding carboxylic acids is 1. The summed E-state index contributed by atoms with van der Waals surface area (Å²) in [5.41, 5.74) is 0.458. The number of ether oxygens (including phenoxy) is 1. The Balaban J connectivity index is 1.99. The van der Waals surface area contributed by atoms with Gasteiger partial charge in [0.1, 0.15) is 23.6 Å². The summed E-state index contributed by atoms with van der Waals surface area (Å²) in [4.78, 5) is 16.2. The van der Waals surface area contributed by atoms with Gasteiger partial charge in [0.2, 0.25) is 0 Å². The SMILES string of the molecule is CCNC(=NCc1cc(C(=O)OC)c(C)o1)NC1CCC(SC)C1. The average Bonchev–Trinajstić information content (AvgIpc) is 3.18. The maximum atomic E-state index is 11.6. The lowest BCUT2D eigenvalue weighted by Crippen LogP contribution is -2.42. The molecule has 134 valence electrons. The maximum Gasteiger partial charge on any atom is 0.341 e. The number of thioether (sulfide) groups is 1. The largest absolute Gasteiger partial charge is 0.465 e. The van der Waals surface area contributed by atoms with Crippen LogP contribution in [-0.2, 0) is 11.3 Å². The first kappa shape index (κ1) is 18.7. The minimum atomic E-state index is -0.384. The fraction of sp³-hybridized carbons (Fsp3) is 0.647. The van der Waals surface area contributed by atoms with Crippen LogP contribution < -0.4 is 10.6 Å². The third-order valence-electron chi connectivity index (χ3n) is 4.17. The molecule has 1 aliphatic carbocycles. The standard InChI is InChI=1S/C17H27N3O3S/c1-5-18-17(20-12-6-7-14(8-12)24-4)19-10-13-9-15(11(2)23-13)16(21)22-3/h9,12,14H,5-8,10H2,1-4H3,(H2,18,19,20). The summed E-state index contributed by atoms with van der Waals surface area (Å²) in [6.45, 7) is 4.98. The lowest BCUT2D eigenvalue weighted by atomic mass is 10.2. The second kappa shape index (κ2) is 9.01. The maximum absolute atomic E-state index is 11.6. The first-order chi connectivity index (χ1) is 11.6. The number of nitrogens with one attached hydrogen (secondary N) is 2. The Hall–Kier alpha value is -1.63. The highest BCUT2D eigenvalue weighted by Crippen LogP contribution is 2.28. The fourth-order valence-corrected chi connectivity index (χ4v) is 3.69. The van der Waals surface area contributed by atoms with E-state index in [-0.39, 0.29) is 5.97 Å². The van der Waals surface area contributed by atoms with E-state index in [0.29, 0.717) is 29.7 Å². The van der Waals surface area contributed by atoms with Crippen molar-refractivity contribution in [2.75, 3.05) is 19.9 Å². The predicted octanol–water partition coefficient (Wildman–Crippen LogP) is 2.71. The number of carbonyl (C=O) groups is 1. The molecule has 0 saturated heterocycles. The van der Waals surface area contributed by atoms with Gasteiger partial charge in [0.05, 0.1) is 7.11 Å². The molecule has 0 bridgehead atoms. The van der Waals surface area contributed by atoms with Crippen LogP contribution in [0, 0.1) is 6.92 Å². The summed E-state index contributed by atoms with van der Waals surface area (Å²) in [7, 11) is 1.36. The van der Waals surface area contributed by atoms with Crippen molar-refractivity contribution in [1.82, 2.24) is 10.6 Å². The van der Waals surface area contributed by atoms with E-state index in [2.05, 4.69) is 21.9 Å². The molecule has 6 nitrogen and oxygen atoms in total. The van der Waals surface area contributed by atoms with Crippen molar-refractivity contribution in [3.63, 3.8) is 0 Å². The van der Waals surface area contributed by atoms with E-state index in [1.807, 2.05) is 18.7 Å². The van der Waals surface area contributed by atoms with Crippen LogP contribution in [0.1, 0.15) is 48.1 Å². The monoisotopic (exact) mass is 353 g/mol. The van der Waals surface area contributed by atoms with Crippen molar-refractivity contribution >= 4 is 23.7 Å². The Labute approximate surface area is 147 Å². The van der Waals surface area contributed by atoms with Crippen LogP contribution in [0.2, 0.25) is 0 Å². The zero-order chi connectivity index (χ0) is 17.5. The number of aryl methyl sites for hydroxylation is 1. The molecule has 24 heavy (non-hydrogen) atoms. The van der Waals surface area contributed by atoms with Crippen LogP contribution in [0.4, 0.5) is 0 Å². The highest BCUT2D eigenvalue weighted by molar-refractivity contribution is 7.99. The van der Waals surface area contributed by atoms with Crippen LogP contribution in [0.15, 0.2) is 15.5 Å². The van der Waals surface area contributed by atoms with E-state index in [1.165, 1.54) is 20.0 Å². The molecule has 0 radical (unpaired) electrons. The summed E-state index contributed by atoms with van der Waals surface area (Å²) in [5.74, 6) is 1.62. The van der Waals surface area contributed by atoms with Crippen LogP contribution in [0.3, 0.4) is 0 Å². The first-order valence-corrected chi connectivity index (χ1v) is 9.61. The van der Waals surface area contributed by atoms with E-state index in [0.717, 1.165) is 24.2 Å². The second-order valence-corrected chi connectivity index (χ2v) is 7.02. The highest BCUT2D eigenvalue weighted by Gasteiger charge is 2.24. The number of hydrogen-bond acceptors (Lipinski definition) is 5. The Bertz CT molecular complexity index is 586. The number of aliphatic imine (C=N–C) groups is 1. The lowest BCUT2D eigenvalue weighted by molar-refractivity contribution is 0.0599. The van der Waals surface area contributed by atoms with Gasteiger partial charge in [-0.25, -0.2) is 9.79 Å². The van der Waals surface area contributed by atoms with Crippen molar-refractivity contribution in [3.8, 4) is 0 Å². The van der Waals surface area contributed by atoms with Gasteiger partial charge in [0.25, 0.3) is 0 Å². The number of hydrogen-bond donors (Lipinski definition) is 2. The van der Waals surface area contributed by atoms with Crippen LogP contribution >= 0.6 is 11.8 Å². The van der Waals surface area contributed by atoms with Gasteiger partial charge in [-0.15, -0.1) is 0 Å². The Morgan fingerprint density at radius 3 is 2.92 bits per heavy atom. The van der Waals surface area contributed by atoms with Crippen LogP contribution in [0.5, 0.6) is 0 Å². The van der Waals surface area contributed by atoms with Crippen LogP contribution in [0.25, 0.3) is 0 Å². The zero-order valence-corrected chi connectivity index (χ0v) is 15.7. The van der Waals surface area contributed by atoms with E-state index in [4.69, 9.17) is 9.15 Å². The van der Waals surface area contributed by atoms with Crippen molar-refractivity contribution in [2.45, 2.75) is 50.9 Å². The molecule has 2 N–H and O–H groups in total. The quantitative estimate of drug-likeness (QED) is 0.465. The molecular weight excluding hydrogens is 326 g/mol. The molecule has 2 unspecified atom stereocenters. The number of methoxy groups -OCH3 is 1. The molecule has 1 heterocycles. The van der Waals surface area contributed by atoms with Gasteiger partial charge in [-0.1, -0.05) is 0 Å². The summed E-state index contributed by atoms with van der Waals surface area (Å²) in [6, 6.07) is 2.16. The summed E-state index contributed by atoms with van der Waals surface area (Å²) in [5, 5.41) is 7.50. The molecule has 2 rings (SSSR count). The van der Waals surface area contributed by atoms with E-state index >= 15 is 0 Å². The number of esters is 1. The third kappa shape index (κ3) is 4.93. The van der Waals surface area contributed by atoms with E-state index in [1.54, 1.807) is 13.0 Å². The van der Waals surface area contributed by atoms with Crippen molar-refractivity contribution in [1.29, 1.82) is 0 Å². The van der Waals surface area contributed by atoms with Gasteiger partial charge in [0.15, 0.2) is 5.96 Å². The van der Waals surface area contributed by atoms with Gasteiger partial charge in [-0.05, 0) is 45.4 Å². The molecule has 1 aromatic rings. The zero-order valence-electron chi connectivity index (χ0n) is 14.8. The molecule has 0 aliphatic heterocycles. The number of rotatable bonds is 6. The number of furan rings is 1. The first-order valence-electron chi connectivity index (χ1n) is 8.32. The molecular formula is C17H27N3O3S. The third-order valence-corrected chi connectivity index (χ3v) is 5.26. The number of guanidine groups is 1. The lowest BCUT2D eigenvalue weighted by Gasteiger charge is -2.17. The smallest absolute Gasteiger partial charge is 0.341 e. The molecule has 0 aromatic carbocycles. The molecule has 7 heteroatoms. The van der Waals surface area contributed by atoms with Crippen molar-refractivity contribution in [2.24, 2.45) is 4.99 Å². The van der Waals surface area contributed by atoms with Gasteiger partial charge in [-0.2, -0.15) is 11.8 Å². The Kier molecular flexibility index (Phi) is 7.02. The predicted molar refractivity (Wildman–Crippen MR) is 97.7 cm³/mol. The molecule has 1 saturated carbocycles. The topological polar surface area (TPSA) is 75.9 Å². The minimum absolute atomic E-state index is 0.381. The number of nitrogens with zero attached hydrogens (tertiary/aromatic N) is 1. The molecule has 1 aromatic heterocycles. The molecule has 0 amide bonds. The highest BCUT2D eigenvalue weighted by atomic mass is 32.2. The second-order valence-electron chi connectivity index (χ2n) is 5.88. The summed E-state index contributed by atoms with van der Waals surface area (Å²) < 4.78 is 10.3. The molecule has 1 fully saturated rings. The van der Waals surface area contributed by atoms with E-state index in [9.17, 15) is 4.79 Å².